The Morgan fingerprint density at radius 1 is 0.765 bits per heavy atom. The second-order valence-corrected chi connectivity index (χ2v) is 12.3. The van der Waals surface area contributed by atoms with Gasteiger partial charge in [0.05, 0.1) is 5.60 Å². The summed E-state index contributed by atoms with van der Waals surface area (Å²) in [6.07, 6.45) is 5.34. The van der Waals surface area contributed by atoms with Gasteiger partial charge in [-0.2, -0.15) is 0 Å². The molecule has 1 aliphatic carbocycles. The topological polar surface area (TPSA) is 60.7 Å². The van der Waals surface area contributed by atoms with Crippen LogP contribution in [-0.4, -0.2) is 20.9 Å². The number of rotatable bonds is 4. The Labute approximate surface area is 205 Å². The van der Waals surface area contributed by atoms with E-state index in [0.29, 0.717) is 25.0 Å². The van der Waals surface area contributed by atoms with Gasteiger partial charge in [-0.3, -0.25) is 0 Å². The molecule has 1 unspecified atom stereocenters. The Morgan fingerprint density at radius 2 is 1.24 bits per heavy atom. The second kappa shape index (κ2) is 8.92. The molecule has 0 spiro atoms. The molecule has 0 aromatic heterocycles. The number of aryl methyl sites for hydroxylation is 2. The number of aliphatic hydroxyl groups is 1. The summed E-state index contributed by atoms with van der Waals surface area (Å²) < 4.78 is 0. The lowest BCUT2D eigenvalue weighted by Crippen LogP contribution is -2.36. The summed E-state index contributed by atoms with van der Waals surface area (Å²) in [6.45, 7) is 18.7. The minimum Gasteiger partial charge on any atom is -0.507 e. The van der Waals surface area contributed by atoms with E-state index in [2.05, 4.69) is 47.6 Å². The van der Waals surface area contributed by atoms with Crippen LogP contribution in [0.5, 0.6) is 11.5 Å². The Morgan fingerprint density at radius 3 is 1.74 bits per heavy atom. The van der Waals surface area contributed by atoms with E-state index in [9.17, 15) is 15.3 Å². The Balaban J connectivity index is 2.06. The highest BCUT2D eigenvalue weighted by Gasteiger charge is 2.35. The standard InChI is InChI=1S/C31H42O3/c1-19-10-11-31(34,18-23-13-21(3)16-26(28(23)33)30(7,8)9)24(14-19)17-22-12-20(2)15-25(27(22)32)29(4,5)6/h10,12-16,32-34H,11,17-18H2,1-9H3. The van der Waals surface area contributed by atoms with Gasteiger partial charge in [-0.1, -0.05) is 94.7 Å². The first-order valence-corrected chi connectivity index (χ1v) is 12.3. The van der Waals surface area contributed by atoms with Gasteiger partial charge in [0.1, 0.15) is 11.5 Å². The Hall–Kier alpha value is -2.52. The highest BCUT2D eigenvalue weighted by atomic mass is 16.3. The lowest BCUT2D eigenvalue weighted by molar-refractivity contribution is 0.0766. The fourth-order valence-electron chi connectivity index (χ4n) is 4.97. The van der Waals surface area contributed by atoms with Crippen molar-refractivity contribution in [2.75, 3.05) is 0 Å². The van der Waals surface area contributed by atoms with Crippen LogP contribution in [0.1, 0.15) is 88.3 Å². The fourth-order valence-corrected chi connectivity index (χ4v) is 4.97. The zero-order chi connectivity index (χ0) is 25.6. The number of hydrogen-bond donors (Lipinski definition) is 3. The van der Waals surface area contributed by atoms with Crippen molar-refractivity contribution >= 4 is 0 Å². The predicted molar refractivity (Wildman–Crippen MR) is 142 cm³/mol. The minimum absolute atomic E-state index is 0.186. The van der Waals surface area contributed by atoms with Crippen molar-refractivity contribution in [1.29, 1.82) is 0 Å². The molecule has 3 heteroatoms. The SMILES string of the molecule is CC1=CCC(O)(Cc2cc(C)cc(C(C)(C)C)c2O)C(Cc2cc(C)cc(C(C)(C)C)c2O)=C1. The summed E-state index contributed by atoms with van der Waals surface area (Å²) >= 11 is 0. The second-order valence-electron chi connectivity index (χ2n) is 12.3. The predicted octanol–water partition coefficient (Wildman–Crippen LogP) is 7.10. The first kappa shape index (κ1) is 26.1. The van der Waals surface area contributed by atoms with Gasteiger partial charge in [-0.15, -0.1) is 0 Å². The van der Waals surface area contributed by atoms with Gasteiger partial charge in [0.15, 0.2) is 0 Å². The van der Waals surface area contributed by atoms with Crippen LogP contribution in [0.3, 0.4) is 0 Å². The molecule has 0 radical (unpaired) electrons. The highest BCUT2D eigenvalue weighted by molar-refractivity contribution is 5.52. The van der Waals surface area contributed by atoms with Crippen molar-refractivity contribution in [3.05, 3.63) is 80.9 Å². The molecule has 34 heavy (non-hydrogen) atoms. The van der Waals surface area contributed by atoms with E-state index in [1.165, 1.54) is 0 Å². The monoisotopic (exact) mass is 462 g/mol. The van der Waals surface area contributed by atoms with Crippen LogP contribution < -0.4 is 0 Å². The molecule has 0 fully saturated rings. The molecule has 1 aliphatic rings. The maximum Gasteiger partial charge on any atom is 0.122 e. The maximum atomic E-state index is 12.0. The molecular formula is C31H42O3. The minimum atomic E-state index is -1.14. The molecule has 0 heterocycles. The molecule has 0 bridgehead atoms. The average Bonchev–Trinajstić information content (AvgIpc) is 2.68. The molecule has 3 N–H and O–H groups in total. The van der Waals surface area contributed by atoms with E-state index >= 15 is 0 Å². The Bertz CT molecular complexity index is 1150. The van der Waals surface area contributed by atoms with Crippen LogP contribution in [0, 0.1) is 13.8 Å². The van der Waals surface area contributed by atoms with Crippen molar-refractivity contribution in [2.45, 2.75) is 98.0 Å². The van der Waals surface area contributed by atoms with Crippen LogP contribution in [0.15, 0.2) is 47.6 Å². The van der Waals surface area contributed by atoms with Crippen molar-refractivity contribution in [1.82, 2.24) is 0 Å². The van der Waals surface area contributed by atoms with Crippen LogP contribution in [0.4, 0.5) is 0 Å². The Kier molecular flexibility index (Phi) is 6.85. The molecule has 0 saturated heterocycles. The van der Waals surface area contributed by atoms with Gasteiger partial charge in [0.25, 0.3) is 0 Å². The van der Waals surface area contributed by atoms with Gasteiger partial charge in [-0.25, -0.2) is 0 Å². The summed E-state index contributed by atoms with van der Waals surface area (Å²) in [4.78, 5) is 0. The average molecular weight is 463 g/mol. The summed E-state index contributed by atoms with van der Waals surface area (Å²) in [5, 5.41) is 34.2. The molecular weight excluding hydrogens is 420 g/mol. The third-order valence-corrected chi connectivity index (χ3v) is 6.91. The van der Waals surface area contributed by atoms with Crippen molar-refractivity contribution < 1.29 is 15.3 Å². The van der Waals surface area contributed by atoms with Gasteiger partial charge >= 0.3 is 0 Å². The van der Waals surface area contributed by atoms with Crippen LogP contribution in [0.2, 0.25) is 0 Å². The molecule has 3 rings (SSSR count). The molecule has 2 aromatic carbocycles. The number of benzene rings is 2. The summed E-state index contributed by atoms with van der Waals surface area (Å²) in [6, 6.07) is 8.07. The number of phenols is 2. The number of aromatic hydroxyl groups is 2. The fraction of sp³-hybridized carbons (Fsp3) is 0.484. The number of phenolic OH excluding ortho intramolecular Hbond substituents is 2. The highest BCUT2D eigenvalue weighted by Crippen LogP contribution is 2.42. The quantitative estimate of drug-likeness (QED) is 0.454. The normalized spacial score (nSPS) is 19.1. The number of allylic oxidation sites excluding steroid dienone is 2. The van der Waals surface area contributed by atoms with Crippen LogP contribution in [-0.2, 0) is 23.7 Å². The summed E-state index contributed by atoms with van der Waals surface area (Å²) in [7, 11) is 0. The van der Waals surface area contributed by atoms with Gasteiger partial charge in [0.2, 0.25) is 0 Å². The van der Waals surface area contributed by atoms with Crippen molar-refractivity contribution in [2.24, 2.45) is 0 Å². The first-order valence-electron chi connectivity index (χ1n) is 12.3. The van der Waals surface area contributed by atoms with Gasteiger partial charge in [-0.05, 0) is 65.8 Å². The van der Waals surface area contributed by atoms with Crippen LogP contribution in [0.25, 0.3) is 0 Å². The third kappa shape index (κ3) is 5.41. The molecule has 1 atom stereocenters. The van der Waals surface area contributed by atoms with E-state index in [-0.39, 0.29) is 16.6 Å². The smallest absolute Gasteiger partial charge is 0.122 e. The lowest BCUT2D eigenvalue weighted by Gasteiger charge is -2.35. The molecule has 2 aromatic rings. The molecule has 3 nitrogen and oxygen atoms in total. The molecule has 0 aliphatic heterocycles. The van der Waals surface area contributed by atoms with Crippen molar-refractivity contribution in [3.8, 4) is 11.5 Å². The molecule has 184 valence electrons. The zero-order valence-corrected chi connectivity index (χ0v) is 22.4. The van der Waals surface area contributed by atoms with E-state index in [0.717, 1.165) is 44.5 Å². The van der Waals surface area contributed by atoms with Crippen molar-refractivity contribution in [3.63, 3.8) is 0 Å². The van der Waals surface area contributed by atoms with Gasteiger partial charge < -0.3 is 15.3 Å². The van der Waals surface area contributed by atoms with Crippen LogP contribution >= 0.6 is 0 Å². The molecule has 0 amide bonds. The lowest BCUT2D eigenvalue weighted by atomic mass is 9.75. The van der Waals surface area contributed by atoms with E-state index in [4.69, 9.17) is 0 Å². The largest absolute Gasteiger partial charge is 0.507 e. The zero-order valence-electron chi connectivity index (χ0n) is 22.4. The van der Waals surface area contributed by atoms with E-state index < -0.39 is 5.60 Å². The maximum absolute atomic E-state index is 12.0. The van der Waals surface area contributed by atoms with E-state index in [1.807, 2.05) is 51.1 Å². The first-order chi connectivity index (χ1) is 15.5. The summed E-state index contributed by atoms with van der Waals surface area (Å²) in [5.74, 6) is 0.576. The molecule has 0 saturated carbocycles. The van der Waals surface area contributed by atoms with E-state index in [1.54, 1.807) is 0 Å². The number of hydrogen-bond acceptors (Lipinski definition) is 3. The summed E-state index contributed by atoms with van der Waals surface area (Å²) in [5.41, 5.74) is 6.00. The van der Waals surface area contributed by atoms with Gasteiger partial charge in [0, 0.05) is 12.8 Å². The third-order valence-electron chi connectivity index (χ3n) is 6.91.